The molecule has 2 aromatic rings. The minimum Gasteiger partial charge on any atom is -0.485 e. The fraction of sp³-hybridized carbons (Fsp3) is 0.300. The molecule has 2 N–H and O–H groups in total. The van der Waals surface area contributed by atoms with E-state index in [1.165, 1.54) is 13.0 Å². The van der Waals surface area contributed by atoms with Crippen molar-refractivity contribution < 1.29 is 23.8 Å². The standard InChI is InChI=1S/C20H19ClFNO4/c1-10(24)11-4-7-16-14(8-11)17(18(25)20(2,3)27-16)23-19(26)13-6-5-12(22)9-15(13)21/h4-9,17-18,25H,1-3H3,(H,23,26)/t17-,18+/m1/s1. The summed E-state index contributed by atoms with van der Waals surface area (Å²) in [6.45, 7) is 4.82. The summed E-state index contributed by atoms with van der Waals surface area (Å²) in [5, 5.41) is 13.5. The number of carbonyl (C=O) groups excluding carboxylic acids is 2. The van der Waals surface area contributed by atoms with Crippen LogP contribution in [0.4, 0.5) is 4.39 Å². The predicted octanol–water partition coefficient (Wildman–Crippen LogP) is 3.68. The van der Waals surface area contributed by atoms with Gasteiger partial charge in [-0.25, -0.2) is 4.39 Å². The van der Waals surface area contributed by atoms with Crippen LogP contribution in [-0.4, -0.2) is 28.5 Å². The van der Waals surface area contributed by atoms with Crippen molar-refractivity contribution in [2.75, 3.05) is 0 Å². The van der Waals surface area contributed by atoms with Gasteiger partial charge in [0.05, 0.1) is 16.6 Å². The van der Waals surface area contributed by atoms with Gasteiger partial charge in [-0.1, -0.05) is 11.6 Å². The van der Waals surface area contributed by atoms with Gasteiger partial charge < -0.3 is 15.2 Å². The third-order valence-electron chi connectivity index (χ3n) is 4.61. The fourth-order valence-corrected chi connectivity index (χ4v) is 3.32. The summed E-state index contributed by atoms with van der Waals surface area (Å²) in [6.07, 6.45) is -1.09. The summed E-state index contributed by atoms with van der Waals surface area (Å²) in [7, 11) is 0. The Hall–Kier alpha value is -2.44. The second-order valence-corrected chi connectivity index (χ2v) is 7.44. The molecule has 1 aliphatic heterocycles. The molecule has 7 heteroatoms. The lowest BCUT2D eigenvalue weighted by Crippen LogP contribution is -2.53. The largest absolute Gasteiger partial charge is 0.485 e. The summed E-state index contributed by atoms with van der Waals surface area (Å²) < 4.78 is 19.1. The quantitative estimate of drug-likeness (QED) is 0.782. The lowest BCUT2D eigenvalue weighted by atomic mass is 9.85. The molecule has 2 atom stereocenters. The van der Waals surface area contributed by atoms with Crippen molar-refractivity contribution in [3.05, 3.63) is 63.9 Å². The van der Waals surface area contributed by atoms with Crippen LogP contribution in [0.1, 0.15) is 53.1 Å². The van der Waals surface area contributed by atoms with E-state index in [1.807, 2.05) is 0 Å². The summed E-state index contributed by atoms with van der Waals surface area (Å²) >= 11 is 5.97. The normalized spacial score (nSPS) is 20.4. The Morgan fingerprint density at radius 2 is 1.93 bits per heavy atom. The third kappa shape index (κ3) is 3.68. The number of aliphatic hydroxyl groups is 1. The van der Waals surface area contributed by atoms with Crippen LogP contribution in [0.3, 0.4) is 0 Å². The van der Waals surface area contributed by atoms with Gasteiger partial charge in [-0.15, -0.1) is 0 Å². The molecule has 0 saturated heterocycles. The smallest absolute Gasteiger partial charge is 0.253 e. The topological polar surface area (TPSA) is 75.6 Å². The average molecular weight is 392 g/mol. The van der Waals surface area contributed by atoms with E-state index in [0.29, 0.717) is 16.9 Å². The first-order valence-electron chi connectivity index (χ1n) is 8.38. The second-order valence-electron chi connectivity index (χ2n) is 7.03. The molecule has 5 nitrogen and oxygen atoms in total. The molecule has 0 bridgehead atoms. The van der Waals surface area contributed by atoms with Crippen LogP contribution in [0.25, 0.3) is 0 Å². The van der Waals surface area contributed by atoms with E-state index in [1.54, 1.807) is 32.0 Å². The molecular weight excluding hydrogens is 373 g/mol. The molecule has 1 heterocycles. The van der Waals surface area contributed by atoms with E-state index < -0.39 is 29.5 Å². The summed E-state index contributed by atoms with van der Waals surface area (Å²) in [6, 6.07) is 7.48. The third-order valence-corrected chi connectivity index (χ3v) is 4.93. The minimum atomic E-state index is -1.09. The van der Waals surface area contributed by atoms with Gasteiger partial charge in [-0.05, 0) is 57.2 Å². The first-order valence-corrected chi connectivity index (χ1v) is 8.76. The van der Waals surface area contributed by atoms with Crippen LogP contribution >= 0.6 is 11.6 Å². The molecule has 0 fully saturated rings. The number of fused-ring (bicyclic) bond motifs is 1. The van der Waals surface area contributed by atoms with Crippen molar-refractivity contribution in [2.24, 2.45) is 0 Å². The number of Topliss-reactive ketones (excluding diaryl/α,β-unsaturated/α-hetero) is 1. The number of benzene rings is 2. The molecule has 27 heavy (non-hydrogen) atoms. The van der Waals surface area contributed by atoms with E-state index in [4.69, 9.17) is 16.3 Å². The van der Waals surface area contributed by atoms with Crippen molar-refractivity contribution in [3.63, 3.8) is 0 Å². The van der Waals surface area contributed by atoms with E-state index in [2.05, 4.69) is 5.32 Å². The average Bonchev–Trinajstić information content (AvgIpc) is 2.58. The van der Waals surface area contributed by atoms with Crippen LogP contribution in [-0.2, 0) is 0 Å². The maximum atomic E-state index is 13.2. The Morgan fingerprint density at radius 3 is 2.56 bits per heavy atom. The SMILES string of the molecule is CC(=O)c1ccc2c(c1)[C@@H](NC(=O)c1ccc(F)cc1Cl)[C@H](O)C(C)(C)O2. The molecule has 0 aliphatic carbocycles. The molecule has 3 rings (SSSR count). The van der Waals surface area contributed by atoms with Crippen molar-refractivity contribution in [2.45, 2.75) is 38.5 Å². The van der Waals surface area contributed by atoms with Gasteiger partial charge in [-0.3, -0.25) is 9.59 Å². The van der Waals surface area contributed by atoms with Crippen molar-refractivity contribution in [1.82, 2.24) is 5.32 Å². The van der Waals surface area contributed by atoms with Crippen LogP contribution in [0, 0.1) is 5.82 Å². The van der Waals surface area contributed by atoms with Crippen molar-refractivity contribution in [3.8, 4) is 5.75 Å². The lowest BCUT2D eigenvalue weighted by Gasteiger charge is -2.42. The Morgan fingerprint density at radius 1 is 1.22 bits per heavy atom. The fourth-order valence-electron chi connectivity index (χ4n) is 3.07. The zero-order valence-electron chi connectivity index (χ0n) is 15.0. The molecule has 0 saturated carbocycles. The van der Waals surface area contributed by atoms with E-state index in [-0.39, 0.29) is 16.4 Å². The first kappa shape index (κ1) is 19.3. The molecule has 0 aromatic heterocycles. The number of amides is 1. The summed E-state index contributed by atoms with van der Waals surface area (Å²) in [4.78, 5) is 24.4. The number of halogens is 2. The van der Waals surface area contributed by atoms with Crippen molar-refractivity contribution >= 4 is 23.3 Å². The maximum absolute atomic E-state index is 13.2. The first-order chi connectivity index (χ1) is 12.6. The molecule has 0 radical (unpaired) electrons. The maximum Gasteiger partial charge on any atom is 0.253 e. The number of nitrogens with one attached hydrogen (secondary N) is 1. The Bertz CT molecular complexity index is 928. The van der Waals surface area contributed by atoms with Crippen LogP contribution in [0.15, 0.2) is 36.4 Å². The van der Waals surface area contributed by atoms with E-state index >= 15 is 0 Å². The molecule has 2 aromatic carbocycles. The highest BCUT2D eigenvalue weighted by molar-refractivity contribution is 6.33. The van der Waals surface area contributed by atoms with Gasteiger partial charge in [-0.2, -0.15) is 0 Å². The van der Waals surface area contributed by atoms with Gasteiger partial charge in [0.2, 0.25) is 0 Å². The zero-order valence-corrected chi connectivity index (χ0v) is 15.8. The lowest BCUT2D eigenvalue weighted by molar-refractivity contribution is -0.0627. The highest BCUT2D eigenvalue weighted by atomic mass is 35.5. The number of ether oxygens (including phenoxy) is 1. The number of ketones is 1. The van der Waals surface area contributed by atoms with Crippen LogP contribution in [0.5, 0.6) is 5.75 Å². The summed E-state index contributed by atoms with van der Waals surface area (Å²) in [5.74, 6) is -0.809. The molecular formula is C20H19ClFNO4. The Balaban J connectivity index is 2.01. The van der Waals surface area contributed by atoms with E-state index in [9.17, 15) is 19.1 Å². The van der Waals surface area contributed by atoms with Crippen molar-refractivity contribution in [1.29, 1.82) is 0 Å². The minimum absolute atomic E-state index is 0.0361. The van der Waals surface area contributed by atoms with Gasteiger partial charge in [0.1, 0.15) is 23.3 Å². The van der Waals surface area contributed by atoms with E-state index in [0.717, 1.165) is 12.1 Å². The molecule has 1 amide bonds. The number of hydrogen-bond donors (Lipinski definition) is 2. The monoisotopic (exact) mass is 391 g/mol. The number of carbonyl (C=O) groups is 2. The molecule has 1 aliphatic rings. The predicted molar refractivity (Wildman–Crippen MR) is 98.8 cm³/mol. The molecule has 0 spiro atoms. The Kier molecular flexibility index (Phi) is 4.97. The van der Waals surface area contributed by atoms with Crippen LogP contribution < -0.4 is 10.1 Å². The summed E-state index contributed by atoms with van der Waals surface area (Å²) in [5.41, 5.74) is 0.0261. The molecule has 0 unspecified atom stereocenters. The Labute approximate surface area is 161 Å². The van der Waals surface area contributed by atoms with Gasteiger partial charge >= 0.3 is 0 Å². The van der Waals surface area contributed by atoms with Crippen LogP contribution in [0.2, 0.25) is 5.02 Å². The second kappa shape index (κ2) is 6.94. The number of rotatable bonds is 3. The number of hydrogen-bond acceptors (Lipinski definition) is 4. The zero-order chi connectivity index (χ0) is 19.9. The number of aliphatic hydroxyl groups excluding tert-OH is 1. The molecule has 142 valence electrons. The van der Waals surface area contributed by atoms with Gasteiger partial charge in [0.25, 0.3) is 5.91 Å². The van der Waals surface area contributed by atoms with Gasteiger partial charge in [0.15, 0.2) is 5.78 Å². The highest BCUT2D eigenvalue weighted by Gasteiger charge is 2.44. The van der Waals surface area contributed by atoms with Gasteiger partial charge in [0, 0.05) is 11.1 Å². The highest BCUT2D eigenvalue weighted by Crippen LogP contribution is 2.40.